The number of rotatable bonds is 10. The third kappa shape index (κ3) is 5.86. The average molecular weight is 499 g/mol. The summed E-state index contributed by atoms with van der Waals surface area (Å²) in [5.74, 6) is 0.788. The molecule has 1 N–H and O–H groups in total. The second-order valence-electron chi connectivity index (χ2n) is 7.90. The number of amides is 1. The molecule has 0 bridgehead atoms. The van der Waals surface area contributed by atoms with Gasteiger partial charge in [-0.25, -0.2) is 8.42 Å². The summed E-state index contributed by atoms with van der Waals surface area (Å²) < 4.78 is 44.8. The molecule has 0 aromatic heterocycles. The molecule has 0 aliphatic rings. The number of anilines is 1. The third-order valence-electron chi connectivity index (χ3n) is 5.50. The Morgan fingerprint density at radius 1 is 0.914 bits per heavy atom. The van der Waals surface area contributed by atoms with Crippen LogP contribution in [0.25, 0.3) is 0 Å². The molecule has 35 heavy (non-hydrogen) atoms. The van der Waals surface area contributed by atoms with E-state index >= 15 is 0 Å². The summed E-state index contributed by atoms with van der Waals surface area (Å²) in [6.07, 6.45) is 0. The number of para-hydroxylation sites is 1. The molecule has 9 heteroatoms. The summed E-state index contributed by atoms with van der Waals surface area (Å²) in [7, 11) is 0.263. The fraction of sp³-hybridized carbons (Fsp3) is 0.269. The van der Waals surface area contributed by atoms with Crippen molar-refractivity contribution in [3.05, 3.63) is 77.9 Å². The Bertz CT molecular complexity index is 1290. The van der Waals surface area contributed by atoms with Gasteiger partial charge >= 0.3 is 0 Å². The smallest absolute Gasteiger partial charge is 0.268 e. The summed E-state index contributed by atoms with van der Waals surface area (Å²) in [6.45, 7) is 3.14. The summed E-state index contributed by atoms with van der Waals surface area (Å²) in [5, 5.41) is 2.88. The number of sulfonamides is 1. The van der Waals surface area contributed by atoms with Crippen LogP contribution in [0.2, 0.25) is 0 Å². The van der Waals surface area contributed by atoms with Crippen LogP contribution in [0, 0.1) is 6.92 Å². The monoisotopic (exact) mass is 498 g/mol. The highest BCUT2D eigenvalue weighted by atomic mass is 32.2. The standard InChI is InChI=1S/C26H30N2O6S/c1-18-13-14-24(34-5)25(15-18)35(30,31)28(20-9-8-10-21(16-20)32-3)17-26(29)27-19(2)22-11-6-7-12-23(22)33-4/h6-16,19H,17H2,1-5H3,(H,27,29). The van der Waals surface area contributed by atoms with E-state index in [1.165, 1.54) is 20.3 Å². The lowest BCUT2D eigenvalue weighted by molar-refractivity contribution is -0.120. The first-order valence-corrected chi connectivity index (χ1v) is 12.4. The summed E-state index contributed by atoms with van der Waals surface area (Å²) in [4.78, 5) is 13.1. The van der Waals surface area contributed by atoms with Crippen molar-refractivity contribution in [2.24, 2.45) is 0 Å². The number of nitrogens with one attached hydrogen (secondary N) is 1. The first kappa shape index (κ1) is 25.9. The van der Waals surface area contributed by atoms with Crippen LogP contribution >= 0.6 is 0 Å². The Morgan fingerprint density at radius 2 is 1.63 bits per heavy atom. The van der Waals surface area contributed by atoms with E-state index in [1.54, 1.807) is 56.5 Å². The molecule has 186 valence electrons. The van der Waals surface area contributed by atoms with E-state index < -0.39 is 28.5 Å². The molecule has 0 fully saturated rings. The van der Waals surface area contributed by atoms with Gasteiger partial charge in [-0.1, -0.05) is 30.3 Å². The molecule has 1 unspecified atom stereocenters. The van der Waals surface area contributed by atoms with Gasteiger partial charge in [-0.2, -0.15) is 0 Å². The molecule has 0 heterocycles. The van der Waals surface area contributed by atoms with Crippen molar-refractivity contribution in [2.45, 2.75) is 24.8 Å². The lowest BCUT2D eigenvalue weighted by atomic mass is 10.1. The van der Waals surface area contributed by atoms with Crippen LogP contribution in [0.15, 0.2) is 71.6 Å². The topological polar surface area (TPSA) is 94.2 Å². The van der Waals surface area contributed by atoms with Gasteiger partial charge in [0.25, 0.3) is 10.0 Å². The number of aryl methyl sites for hydroxylation is 1. The predicted molar refractivity (Wildman–Crippen MR) is 135 cm³/mol. The van der Waals surface area contributed by atoms with Crippen LogP contribution < -0.4 is 23.8 Å². The second-order valence-corrected chi connectivity index (χ2v) is 9.73. The van der Waals surface area contributed by atoms with Crippen LogP contribution in [0.3, 0.4) is 0 Å². The van der Waals surface area contributed by atoms with E-state index in [9.17, 15) is 13.2 Å². The zero-order chi connectivity index (χ0) is 25.6. The van der Waals surface area contributed by atoms with Crippen molar-refractivity contribution in [1.82, 2.24) is 5.32 Å². The number of hydrogen-bond donors (Lipinski definition) is 1. The van der Waals surface area contributed by atoms with Crippen LogP contribution in [0.1, 0.15) is 24.1 Å². The third-order valence-corrected chi connectivity index (χ3v) is 7.29. The highest BCUT2D eigenvalue weighted by Crippen LogP contribution is 2.32. The predicted octanol–water partition coefficient (Wildman–Crippen LogP) is 4.09. The summed E-state index contributed by atoms with van der Waals surface area (Å²) in [5.41, 5.74) is 1.80. The highest BCUT2D eigenvalue weighted by molar-refractivity contribution is 7.93. The minimum atomic E-state index is -4.19. The van der Waals surface area contributed by atoms with Crippen molar-refractivity contribution < 1.29 is 27.4 Å². The molecular formula is C26H30N2O6S. The molecule has 0 radical (unpaired) electrons. The number of benzene rings is 3. The summed E-state index contributed by atoms with van der Waals surface area (Å²) in [6, 6.07) is 18.3. The highest BCUT2D eigenvalue weighted by Gasteiger charge is 2.31. The normalized spacial score (nSPS) is 11.9. The van der Waals surface area contributed by atoms with Crippen LogP contribution in [-0.2, 0) is 14.8 Å². The van der Waals surface area contributed by atoms with Crippen LogP contribution in [-0.4, -0.2) is 42.2 Å². The largest absolute Gasteiger partial charge is 0.497 e. The molecular weight excluding hydrogens is 468 g/mol. The van der Waals surface area contributed by atoms with E-state index in [2.05, 4.69) is 5.32 Å². The van der Waals surface area contributed by atoms with E-state index in [1.807, 2.05) is 25.1 Å². The van der Waals surface area contributed by atoms with Gasteiger partial charge < -0.3 is 19.5 Å². The Morgan fingerprint density at radius 3 is 2.31 bits per heavy atom. The number of carbonyl (C=O) groups excluding carboxylic acids is 1. The molecule has 0 spiro atoms. The molecule has 3 aromatic rings. The van der Waals surface area contributed by atoms with Crippen molar-refractivity contribution in [3.8, 4) is 17.2 Å². The number of hydrogen-bond acceptors (Lipinski definition) is 6. The zero-order valence-corrected chi connectivity index (χ0v) is 21.3. The van der Waals surface area contributed by atoms with Crippen LogP contribution in [0.4, 0.5) is 5.69 Å². The Kier molecular flexibility index (Phi) is 8.24. The lowest BCUT2D eigenvalue weighted by Gasteiger charge is -2.26. The van der Waals surface area contributed by atoms with Crippen molar-refractivity contribution in [2.75, 3.05) is 32.2 Å². The Labute approximate surface area is 206 Å². The van der Waals surface area contributed by atoms with Crippen LogP contribution in [0.5, 0.6) is 17.2 Å². The van der Waals surface area contributed by atoms with E-state index in [-0.39, 0.29) is 16.3 Å². The van der Waals surface area contributed by atoms with E-state index in [4.69, 9.17) is 14.2 Å². The molecule has 1 atom stereocenters. The SMILES string of the molecule is COc1cccc(N(CC(=O)NC(C)c2ccccc2OC)S(=O)(=O)c2cc(C)ccc2OC)c1. The molecule has 0 aliphatic carbocycles. The number of carbonyl (C=O) groups is 1. The van der Waals surface area contributed by atoms with Crippen molar-refractivity contribution >= 4 is 21.6 Å². The van der Waals surface area contributed by atoms with Gasteiger partial charge in [0, 0.05) is 11.6 Å². The maximum atomic E-state index is 13.9. The summed E-state index contributed by atoms with van der Waals surface area (Å²) >= 11 is 0. The van der Waals surface area contributed by atoms with Gasteiger partial charge in [-0.3, -0.25) is 9.10 Å². The quantitative estimate of drug-likeness (QED) is 0.452. The van der Waals surface area contributed by atoms with Gasteiger partial charge in [0.05, 0.1) is 33.1 Å². The van der Waals surface area contributed by atoms with Gasteiger partial charge in [0.1, 0.15) is 28.7 Å². The number of ether oxygens (including phenoxy) is 3. The first-order chi connectivity index (χ1) is 16.7. The fourth-order valence-corrected chi connectivity index (χ4v) is 5.36. The Hall–Kier alpha value is -3.72. The fourth-order valence-electron chi connectivity index (χ4n) is 3.70. The molecule has 3 rings (SSSR count). The molecule has 0 saturated carbocycles. The second kappa shape index (κ2) is 11.1. The Balaban J connectivity index is 2.00. The molecule has 0 aliphatic heterocycles. The van der Waals surface area contributed by atoms with Gasteiger partial charge in [0.15, 0.2) is 0 Å². The maximum absolute atomic E-state index is 13.9. The van der Waals surface area contributed by atoms with E-state index in [0.717, 1.165) is 15.4 Å². The average Bonchev–Trinajstić information content (AvgIpc) is 2.87. The lowest BCUT2D eigenvalue weighted by Crippen LogP contribution is -2.41. The number of methoxy groups -OCH3 is 3. The van der Waals surface area contributed by atoms with Crippen molar-refractivity contribution in [1.29, 1.82) is 0 Å². The molecule has 1 amide bonds. The minimum Gasteiger partial charge on any atom is -0.497 e. The minimum absolute atomic E-state index is 0.0339. The van der Waals surface area contributed by atoms with Crippen molar-refractivity contribution in [3.63, 3.8) is 0 Å². The van der Waals surface area contributed by atoms with Gasteiger partial charge in [-0.15, -0.1) is 0 Å². The van der Waals surface area contributed by atoms with Gasteiger partial charge in [-0.05, 0) is 49.7 Å². The first-order valence-electron chi connectivity index (χ1n) is 10.9. The van der Waals surface area contributed by atoms with Gasteiger partial charge in [0.2, 0.25) is 5.91 Å². The maximum Gasteiger partial charge on any atom is 0.268 e. The number of nitrogens with zero attached hydrogens (tertiary/aromatic N) is 1. The zero-order valence-electron chi connectivity index (χ0n) is 20.4. The molecule has 0 saturated heterocycles. The molecule has 8 nitrogen and oxygen atoms in total. The molecule has 3 aromatic carbocycles. The van der Waals surface area contributed by atoms with E-state index in [0.29, 0.717) is 11.5 Å².